The lowest BCUT2D eigenvalue weighted by atomic mass is 10.1. The van der Waals surface area contributed by atoms with E-state index in [4.69, 9.17) is 4.42 Å². The average molecular weight is 416 g/mol. The molecule has 30 heavy (non-hydrogen) atoms. The minimum Gasteiger partial charge on any atom is -0.469 e. The van der Waals surface area contributed by atoms with Crippen LogP contribution in [0.4, 0.5) is 20.6 Å². The van der Waals surface area contributed by atoms with Gasteiger partial charge < -0.3 is 25.3 Å². The number of rotatable bonds is 5. The van der Waals surface area contributed by atoms with E-state index in [-0.39, 0.29) is 23.7 Å². The van der Waals surface area contributed by atoms with Gasteiger partial charge in [0.2, 0.25) is 5.91 Å². The highest BCUT2D eigenvalue weighted by atomic mass is 19.1. The molecule has 1 aliphatic heterocycles. The van der Waals surface area contributed by atoms with Gasteiger partial charge in [-0.1, -0.05) is 6.92 Å². The Morgan fingerprint density at radius 2 is 2.03 bits per heavy atom. The summed E-state index contributed by atoms with van der Waals surface area (Å²) in [4.78, 5) is 38.2. The SMILES string of the molecule is CCC(=O)NC1CCCN(C(=O)Nc2ccc(F)c(NC(=O)c3ccoc3C)c2)C1. The van der Waals surface area contributed by atoms with Gasteiger partial charge in [-0.15, -0.1) is 0 Å². The van der Waals surface area contributed by atoms with Crippen LogP contribution in [0.1, 0.15) is 42.3 Å². The zero-order chi connectivity index (χ0) is 21.7. The standard InChI is InChI=1S/C21H25FN4O4/c1-3-19(27)23-15-5-4-9-26(12-15)21(29)24-14-6-7-17(22)18(11-14)25-20(28)16-8-10-30-13(16)2/h6-8,10-11,15H,3-5,9,12H2,1-2H3,(H,23,27)(H,24,29)(H,25,28). The van der Waals surface area contributed by atoms with Crippen LogP contribution >= 0.6 is 0 Å². The second kappa shape index (κ2) is 9.43. The molecule has 2 aromatic rings. The van der Waals surface area contributed by atoms with Gasteiger partial charge in [-0.25, -0.2) is 9.18 Å². The van der Waals surface area contributed by atoms with Crippen molar-refractivity contribution in [1.29, 1.82) is 0 Å². The highest BCUT2D eigenvalue weighted by molar-refractivity contribution is 6.05. The maximum Gasteiger partial charge on any atom is 0.321 e. The number of hydrogen-bond donors (Lipinski definition) is 3. The molecule has 1 atom stereocenters. The lowest BCUT2D eigenvalue weighted by Gasteiger charge is -2.33. The number of likely N-dealkylation sites (tertiary alicyclic amines) is 1. The van der Waals surface area contributed by atoms with E-state index in [0.29, 0.717) is 36.5 Å². The van der Waals surface area contributed by atoms with Crippen molar-refractivity contribution < 1.29 is 23.2 Å². The zero-order valence-corrected chi connectivity index (χ0v) is 17.0. The molecule has 1 aliphatic rings. The molecule has 0 bridgehead atoms. The van der Waals surface area contributed by atoms with Crippen molar-refractivity contribution in [1.82, 2.24) is 10.2 Å². The molecule has 0 spiro atoms. The quantitative estimate of drug-likeness (QED) is 0.694. The molecule has 9 heteroatoms. The van der Waals surface area contributed by atoms with Crippen LogP contribution in [0.2, 0.25) is 0 Å². The third kappa shape index (κ3) is 5.16. The van der Waals surface area contributed by atoms with Crippen molar-refractivity contribution in [3.05, 3.63) is 47.7 Å². The smallest absolute Gasteiger partial charge is 0.321 e. The monoisotopic (exact) mass is 416 g/mol. The molecule has 2 heterocycles. The first-order chi connectivity index (χ1) is 14.4. The Bertz CT molecular complexity index is 943. The minimum absolute atomic E-state index is 0.0472. The number of furan rings is 1. The van der Waals surface area contributed by atoms with Crippen LogP contribution in [0.5, 0.6) is 0 Å². The number of carbonyl (C=O) groups is 3. The molecule has 1 unspecified atom stereocenters. The lowest BCUT2D eigenvalue weighted by molar-refractivity contribution is -0.121. The minimum atomic E-state index is -0.622. The Labute approximate surface area is 173 Å². The molecule has 1 fully saturated rings. The number of nitrogens with zero attached hydrogens (tertiary/aromatic N) is 1. The number of piperidine rings is 1. The molecule has 3 rings (SSSR count). The van der Waals surface area contributed by atoms with Gasteiger partial charge in [0.05, 0.1) is 17.5 Å². The second-order valence-electron chi connectivity index (χ2n) is 7.18. The van der Waals surface area contributed by atoms with Crippen LogP contribution < -0.4 is 16.0 Å². The third-order valence-electron chi connectivity index (χ3n) is 4.96. The van der Waals surface area contributed by atoms with Crippen LogP contribution in [-0.4, -0.2) is 41.9 Å². The average Bonchev–Trinajstić information content (AvgIpc) is 3.16. The Kier molecular flexibility index (Phi) is 6.71. The van der Waals surface area contributed by atoms with E-state index < -0.39 is 11.7 Å². The molecule has 160 valence electrons. The number of carbonyl (C=O) groups excluding carboxylic acids is 3. The van der Waals surface area contributed by atoms with Gasteiger partial charge in [-0.05, 0) is 44.0 Å². The first-order valence-corrected chi connectivity index (χ1v) is 9.87. The summed E-state index contributed by atoms with van der Waals surface area (Å²) in [5.41, 5.74) is 0.600. The largest absolute Gasteiger partial charge is 0.469 e. The summed E-state index contributed by atoms with van der Waals surface area (Å²) in [7, 11) is 0. The van der Waals surface area contributed by atoms with Gasteiger partial charge in [0.25, 0.3) is 5.91 Å². The molecular formula is C21H25FN4O4. The summed E-state index contributed by atoms with van der Waals surface area (Å²) in [6, 6.07) is 5.03. The number of aryl methyl sites for hydroxylation is 1. The summed E-state index contributed by atoms with van der Waals surface area (Å²) in [6.45, 7) is 4.38. The fourth-order valence-corrected chi connectivity index (χ4v) is 3.32. The van der Waals surface area contributed by atoms with Crippen LogP contribution in [0.15, 0.2) is 34.9 Å². The van der Waals surface area contributed by atoms with Gasteiger partial charge in [-0.3, -0.25) is 9.59 Å². The Morgan fingerprint density at radius 3 is 2.73 bits per heavy atom. The zero-order valence-electron chi connectivity index (χ0n) is 17.0. The number of urea groups is 1. The third-order valence-corrected chi connectivity index (χ3v) is 4.96. The molecule has 0 saturated carbocycles. The van der Waals surface area contributed by atoms with E-state index in [9.17, 15) is 18.8 Å². The van der Waals surface area contributed by atoms with Crippen LogP contribution in [-0.2, 0) is 4.79 Å². The van der Waals surface area contributed by atoms with E-state index in [0.717, 1.165) is 12.8 Å². The van der Waals surface area contributed by atoms with Crippen LogP contribution in [0.25, 0.3) is 0 Å². The van der Waals surface area contributed by atoms with Crippen LogP contribution in [0.3, 0.4) is 0 Å². The van der Waals surface area contributed by atoms with E-state index >= 15 is 0 Å². The number of nitrogens with one attached hydrogen (secondary N) is 3. The van der Waals surface area contributed by atoms with Gasteiger partial charge >= 0.3 is 6.03 Å². The molecule has 0 aliphatic carbocycles. The molecule has 1 aromatic carbocycles. The number of hydrogen-bond acceptors (Lipinski definition) is 4. The molecule has 4 amide bonds. The summed E-state index contributed by atoms with van der Waals surface area (Å²) in [6.07, 6.45) is 3.36. The Morgan fingerprint density at radius 1 is 1.23 bits per heavy atom. The van der Waals surface area contributed by atoms with E-state index in [1.165, 1.54) is 30.5 Å². The maximum absolute atomic E-state index is 14.2. The fourth-order valence-electron chi connectivity index (χ4n) is 3.32. The van der Waals surface area contributed by atoms with E-state index in [1.807, 2.05) is 0 Å². The predicted octanol–water partition coefficient (Wildman–Crippen LogP) is 3.50. The summed E-state index contributed by atoms with van der Waals surface area (Å²) < 4.78 is 19.3. The topological polar surface area (TPSA) is 104 Å². The molecule has 1 saturated heterocycles. The van der Waals surface area contributed by atoms with Crippen molar-refractivity contribution in [2.45, 2.75) is 39.2 Å². The van der Waals surface area contributed by atoms with E-state index in [1.54, 1.807) is 18.7 Å². The summed E-state index contributed by atoms with van der Waals surface area (Å²) in [5, 5.41) is 8.13. The van der Waals surface area contributed by atoms with Gasteiger partial charge in [0, 0.05) is 31.2 Å². The number of halogens is 1. The van der Waals surface area contributed by atoms with Crippen molar-refractivity contribution in [2.75, 3.05) is 23.7 Å². The van der Waals surface area contributed by atoms with Crippen molar-refractivity contribution in [3.63, 3.8) is 0 Å². The number of anilines is 2. The molecule has 0 radical (unpaired) electrons. The molecular weight excluding hydrogens is 391 g/mol. The normalized spacial score (nSPS) is 16.1. The predicted molar refractivity (Wildman–Crippen MR) is 110 cm³/mol. The Balaban J connectivity index is 1.64. The second-order valence-corrected chi connectivity index (χ2v) is 7.18. The van der Waals surface area contributed by atoms with Crippen molar-refractivity contribution >= 4 is 29.2 Å². The summed E-state index contributed by atoms with van der Waals surface area (Å²) in [5.74, 6) is -0.752. The first kappa shape index (κ1) is 21.4. The van der Waals surface area contributed by atoms with Gasteiger partial charge in [0.15, 0.2) is 0 Å². The number of amides is 4. The van der Waals surface area contributed by atoms with Gasteiger partial charge in [0.1, 0.15) is 11.6 Å². The lowest BCUT2D eigenvalue weighted by Crippen LogP contribution is -2.50. The highest BCUT2D eigenvalue weighted by Crippen LogP contribution is 2.22. The fraction of sp³-hybridized carbons (Fsp3) is 0.381. The van der Waals surface area contributed by atoms with E-state index in [2.05, 4.69) is 16.0 Å². The molecule has 3 N–H and O–H groups in total. The van der Waals surface area contributed by atoms with Gasteiger partial charge in [-0.2, -0.15) is 0 Å². The first-order valence-electron chi connectivity index (χ1n) is 9.87. The Hall–Kier alpha value is -3.36. The number of benzene rings is 1. The molecule has 1 aromatic heterocycles. The maximum atomic E-state index is 14.2. The van der Waals surface area contributed by atoms with Crippen LogP contribution in [0, 0.1) is 12.7 Å². The molecule has 8 nitrogen and oxygen atoms in total. The van der Waals surface area contributed by atoms with Crippen molar-refractivity contribution in [3.8, 4) is 0 Å². The highest BCUT2D eigenvalue weighted by Gasteiger charge is 2.24. The van der Waals surface area contributed by atoms with Crippen molar-refractivity contribution in [2.24, 2.45) is 0 Å². The summed E-state index contributed by atoms with van der Waals surface area (Å²) >= 11 is 0.